The predicted octanol–water partition coefficient (Wildman–Crippen LogP) is 4.80. The number of nitrogens with one attached hydrogen (secondary N) is 1. The van der Waals surface area contributed by atoms with E-state index >= 15 is 0 Å². The van der Waals surface area contributed by atoms with Crippen molar-refractivity contribution < 1.29 is 4.79 Å². The molecule has 0 spiro atoms. The van der Waals surface area contributed by atoms with E-state index < -0.39 is 0 Å². The first-order chi connectivity index (χ1) is 12.6. The van der Waals surface area contributed by atoms with E-state index in [9.17, 15) is 4.79 Å². The summed E-state index contributed by atoms with van der Waals surface area (Å²) >= 11 is 7.63. The minimum absolute atomic E-state index is 0.0243. The lowest BCUT2D eigenvalue weighted by Crippen LogP contribution is -2.28. The van der Waals surface area contributed by atoms with Crippen LogP contribution in [0.2, 0.25) is 5.02 Å². The summed E-state index contributed by atoms with van der Waals surface area (Å²) in [7, 11) is 0. The highest BCUT2D eigenvalue weighted by atomic mass is 35.5. The SMILES string of the molecule is Cc1c(Cl)cccc1-n1ccnc1SCC(=O)NC(C)c1ccccc1. The van der Waals surface area contributed by atoms with Gasteiger partial charge in [0, 0.05) is 17.4 Å². The molecule has 0 fully saturated rings. The van der Waals surface area contributed by atoms with Crippen LogP contribution in [0.5, 0.6) is 0 Å². The molecular formula is C20H20ClN3OS. The van der Waals surface area contributed by atoms with Gasteiger partial charge in [-0.1, -0.05) is 59.8 Å². The Balaban J connectivity index is 1.65. The average Bonchev–Trinajstić information content (AvgIpc) is 3.11. The third-order valence-corrected chi connectivity index (χ3v) is 5.49. The van der Waals surface area contributed by atoms with Crippen molar-refractivity contribution in [2.24, 2.45) is 0 Å². The van der Waals surface area contributed by atoms with Gasteiger partial charge >= 0.3 is 0 Å². The van der Waals surface area contributed by atoms with Gasteiger partial charge < -0.3 is 5.32 Å². The molecule has 0 saturated heterocycles. The van der Waals surface area contributed by atoms with E-state index in [0.717, 1.165) is 22.0 Å². The molecule has 26 heavy (non-hydrogen) atoms. The molecule has 1 heterocycles. The van der Waals surface area contributed by atoms with Crippen LogP contribution in [0.3, 0.4) is 0 Å². The molecule has 0 radical (unpaired) electrons. The summed E-state index contributed by atoms with van der Waals surface area (Å²) in [5, 5.41) is 4.49. The Morgan fingerprint density at radius 3 is 2.77 bits per heavy atom. The zero-order valence-electron chi connectivity index (χ0n) is 14.6. The molecule has 6 heteroatoms. The Morgan fingerprint density at radius 1 is 1.23 bits per heavy atom. The third-order valence-electron chi connectivity index (χ3n) is 4.11. The van der Waals surface area contributed by atoms with Crippen LogP contribution in [0.1, 0.15) is 24.1 Å². The minimum atomic E-state index is -0.0285. The van der Waals surface area contributed by atoms with Gasteiger partial charge in [-0.2, -0.15) is 0 Å². The maximum absolute atomic E-state index is 12.3. The van der Waals surface area contributed by atoms with E-state index in [1.807, 2.05) is 73.1 Å². The molecule has 1 amide bonds. The van der Waals surface area contributed by atoms with E-state index in [-0.39, 0.29) is 11.9 Å². The maximum atomic E-state index is 12.3. The molecule has 1 N–H and O–H groups in total. The first kappa shape index (κ1) is 18.5. The van der Waals surface area contributed by atoms with Crippen molar-refractivity contribution in [3.63, 3.8) is 0 Å². The number of benzene rings is 2. The van der Waals surface area contributed by atoms with Crippen LogP contribution in [0.25, 0.3) is 5.69 Å². The van der Waals surface area contributed by atoms with E-state index in [0.29, 0.717) is 10.8 Å². The maximum Gasteiger partial charge on any atom is 0.230 e. The zero-order chi connectivity index (χ0) is 18.5. The number of hydrogen-bond acceptors (Lipinski definition) is 3. The van der Waals surface area contributed by atoms with E-state index in [1.165, 1.54) is 11.8 Å². The first-order valence-electron chi connectivity index (χ1n) is 8.32. The van der Waals surface area contributed by atoms with Gasteiger partial charge in [-0.3, -0.25) is 9.36 Å². The van der Waals surface area contributed by atoms with Gasteiger partial charge in [-0.15, -0.1) is 0 Å². The van der Waals surface area contributed by atoms with Gasteiger partial charge in [0.25, 0.3) is 0 Å². The minimum Gasteiger partial charge on any atom is -0.349 e. The van der Waals surface area contributed by atoms with E-state index in [2.05, 4.69) is 10.3 Å². The van der Waals surface area contributed by atoms with Crippen molar-refractivity contribution >= 4 is 29.3 Å². The fourth-order valence-corrected chi connectivity index (χ4v) is 3.62. The lowest BCUT2D eigenvalue weighted by Gasteiger charge is -2.14. The zero-order valence-corrected chi connectivity index (χ0v) is 16.2. The Kier molecular flexibility index (Phi) is 6.01. The number of amides is 1. The highest BCUT2D eigenvalue weighted by Crippen LogP contribution is 2.26. The van der Waals surface area contributed by atoms with Crippen molar-refractivity contribution in [1.29, 1.82) is 0 Å². The Hall–Kier alpha value is -2.24. The summed E-state index contributed by atoms with van der Waals surface area (Å²) in [5.41, 5.74) is 3.04. The van der Waals surface area contributed by atoms with Crippen LogP contribution < -0.4 is 5.32 Å². The normalized spacial score (nSPS) is 12.0. The lowest BCUT2D eigenvalue weighted by atomic mass is 10.1. The topological polar surface area (TPSA) is 46.9 Å². The first-order valence-corrected chi connectivity index (χ1v) is 9.68. The number of carbonyl (C=O) groups is 1. The highest BCUT2D eigenvalue weighted by molar-refractivity contribution is 7.99. The summed E-state index contributed by atoms with van der Waals surface area (Å²) in [4.78, 5) is 16.7. The molecule has 0 saturated carbocycles. The second kappa shape index (κ2) is 8.43. The van der Waals surface area contributed by atoms with E-state index in [1.54, 1.807) is 6.20 Å². The molecule has 2 aromatic carbocycles. The smallest absolute Gasteiger partial charge is 0.230 e. The van der Waals surface area contributed by atoms with Crippen molar-refractivity contribution in [1.82, 2.24) is 14.9 Å². The number of aromatic nitrogens is 2. The van der Waals surface area contributed by atoms with Crippen LogP contribution >= 0.6 is 23.4 Å². The molecule has 134 valence electrons. The Labute approximate surface area is 162 Å². The molecule has 3 aromatic rings. The standard InChI is InChI=1S/C20H20ClN3OS/c1-14-17(21)9-6-10-18(14)24-12-11-22-20(24)26-13-19(25)23-15(2)16-7-4-3-5-8-16/h3-12,15H,13H2,1-2H3,(H,23,25). The quantitative estimate of drug-likeness (QED) is 0.620. The highest BCUT2D eigenvalue weighted by Gasteiger charge is 2.13. The summed E-state index contributed by atoms with van der Waals surface area (Å²) in [6.07, 6.45) is 3.61. The number of nitrogens with zero attached hydrogens (tertiary/aromatic N) is 2. The Bertz CT molecular complexity index is 895. The number of carbonyl (C=O) groups excluding carboxylic acids is 1. The number of hydrogen-bond donors (Lipinski definition) is 1. The molecule has 0 aliphatic rings. The fourth-order valence-electron chi connectivity index (χ4n) is 2.68. The number of rotatable bonds is 6. The molecule has 3 rings (SSSR count). The molecule has 1 unspecified atom stereocenters. The molecule has 0 aliphatic heterocycles. The van der Waals surface area contributed by atoms with Crippen LogP contribution in [0, 0.1) is 6.92 Å². The van der Waals surface area contributed by atoms with Gasteiger partial charge in [0.2, 0.25) is 5.91 Å². The van der Waals surface area contributed by atoms with Gasteiger partial charge in [0.05, 0.1) is 17.5 Å². The van der Waals surface area contributed by atoms with Crippen molar-refractivity contribution in [3.05, 3.63) is 77.1 Å². The molecule has 1 aromatic heterocycles. The summed E-state index contributed by atoms with van der Waals surface area (Å²) < 4.78 is 1.96. The second-order valence-corrected chi connectivity index (χ2v) is 7.30. The number of thioether (sulfide) groups is 1. The van der Waals surface area contributed by atoms with Gasteiger partial charge in [0.1, 0.15) is 0 Å². The number of halogens is 1. The van der Waals surface area contributed by atoms with Crippen molar-refractivity contribution in [3.8, 4) is 5.69 Å². The van der Waals surface area contributed by atoms with Crippen LogP contribution in [0.15, 0.2) is 66.1 Å². The molecule has 0 aliphatic carbocycles. The van der Waals surface area contributed by atoms with Gasteiger partial charge in [-0.05, 0) is 37.1 Å². The predicted molar refractivity (Wildman–Crippen MR) is 107 cm³/mol. The van der Waals surface area contributed by atoms with Crippen LogP contribution in [0.4, 0.5) is 0 Å². The number of imidazole rings is 1. The lowest BCUT2D eigenvalue weighted by molar-refractivity contribution is -0.119. The Morgan fingerprint density at radius 2 is 2.00 bits per heavy atom. The average molecular weight is 386 g/mol. The fraction of sp³-hybridized carbons (Fsp3) is 0.200. The second-order valence-electron chi connectivity index (χ2n) is 5.95. The molecule has 1 atom stereocenters. The van der Waals surface area contributed by atoms with Gasteiger partial charge in [0.15, 0.2) is 5.16 Å². The van der Waals surface area contributed by atoms with E-state index in [4.69, 9.17) is 11.6 Å². The summed E-state index contributed by atoms with van der Waals surface area (Å²) in [6, 6.07) is 15.7. The van der Waals surface area contributed by atoms with Crippen LogP contribution in [-0.4, -0.2) is 21.2 Å². The molecular weight excluding hydrogens is 366 g/mol. The van der Waals surface area contributed by atoms with Crippen molar-refractivity contribution in [2.75, 3.05) is 5.75 Å². The van der Waals surface area contributed by atoms with Crippen molar-refractivity contribution in [2.45, 2.75) is 25.0 Å². The largest absolute Gasteiger partial charge is 0.349 e. The van der Waals surface area contributed by atoms with Gasteiger partial charge in [-0.25, -0.2) is 4.98 Å². The summed E-state index contributed by atoms with van der Waals surface area (Å²) in [6.45, 7) is 3.95. The third kappa shape index (κ3) is 4.29. The monoisotopic (exact) mass is 385 g/mol. The molecule has 4 nitrogen and oxygen atoms in total. The molecule has 0 bridgehead atoms. The van der Waals surface area contributed by atoms with Crippen LogP contribution in [-0.2, 0) is 4.79 Å². The summed E-state index contributed by atoms with van der Waals surface area (Å²) in [5.74, 6) is 0.275.